The SMILES string of the molecule is CS(=O)(=O)NC[C@H]1CN(C(=O)c2cscn2)Cc2ccnn2C1. The lowest BCUT2D eigenvalue weighted by atomic mass is 10.1. The van der Waals surface area contributed by atoms with Crippen LogP contribution in [0.3, 0.4) is 0 Å². The molecule has 23 heavy (non-hydrogen) atoms. The third kappa shape index (κ3) is 3.95. The van der Waals surface area contributed by atoms with Gasteiger partial charge in [0.1, 0.15) is 5.69 Å². The van der Waals surface area contributed by atoms with Crippen molar-refractivity contribution in [2.75, 3.05) is 19.3 Å². The van der Waals surface area contributed by atoms with Crippen LogP contribution in [0.2, 0.25) is 0 Å². The second-order valence-corrected chi connectivity index (χ2v) is 8.10. The van der Waals surface area contributed by atoms with Crippen molar-refractivity contribution in [1.82, 2.24) is 24.4 Å². The van der Waals surface area contributed by atoms with Crippen LogP contribution in [-0.2, 0) is 23.1 Å². The average Bonchev–Trinajstić information content (AvgIpc) is 3.12. The Hall–Kier alpha value is -1.78. The molecule has 10 heteroatoms. The van der Waals surface area contributed by atoms with E-state index >= 15 is 0 Å². The van der Waals surface area contributed by atoms with Crippen molar-refractivity contribution in [3.8, 4) is 0 Å². The van der Waals surface area contributed by atoms with Crippen molar-refractivity contribution in [2.24, 2.45) is 5.92 Å². The molecule has 0 saturated carbocycles. The Morgan fingerprint density at radius 2 is 2.30 bits per heavy atom. The van der Waals surface area contributed by atoms with Gasteiger partial charge in [-0.25, -0.2) is 18.1 Å². The van der Waals surface area contributed by atoms with Crippen molar-refractivity contribution in [2.45, 2.75) is 13.1 Å². The molecule has 0 unspecified atom stereocenters. The molecule has 0 fully saturated rings. The summed E-state index contributed by atoms with van der Waals surface area (Å²) in [4.78, 5) is 18.4. The number of fused-ring (bicyclic) bond motifs is 1. The molecule has 0 radical (unpaired) electrons. The molecule has 0 bridgehead atoms. The fourth-order valence-corrected chi connectivity index (χ4v) is 3.63. The van der Waals surface area contributed by atoms with Crippen LogP contribution in [0.5, 0.6) is 0 Å². The Morgan fingerprint density at radius 1 is 1.48 bits per heavy atom. The molecular weight excluding hydrogens is 338 g/mol. The van der Waals surface area contributed by atoms with Crippen LogP contribution in [0, 0.1) is 5.92 Å². The number of hydrogen-bond acceptors (Lipinski definition) is 6. The maximum absolute atomic E-state index is 12.6. The molecule has 1 aliphatic heterocycles. The first-order valence-corrected chi connectivity index (χ1v) is 9.88. The normalized spacial score (nSPS) is 18.5. The lowest BCUT2D eigenvalue weighted by Gasteiger charge is -2.23. The number of carbonyl (C=O) groups is 1. The third-order valence-electron chi connectivity index (χ3n) is 3.64. The summed E-state index contributed by atoms with van der Waals surface area (Å²) in [7, 11) is -3.27. The molecule has 1 amide bonds. The summed E-state index contributed by atoms with van der Waals surface area (Å²) in [6.45, 7) is 1.71. The highest BCUT2D eigenvalue weighted by atomic mass is 32.2. The largest absolute Gasteiger partial charge is 0.331 e. The van der Waals surface area contributed by atoms with E-state index in [4.69, 9.17) is 0 Å². The van der Waals surface area contributed by atoms with Crippen LogP contribution in [-0.4, -0.2) is 53.3 Å². The van der Waals surface area contributed by atoms with Crippen LogP contribution in [0.25, 0.3) is 0 Å². The number of sulfonamides is 1. The topological polar surface area (TPSA) is 97.2 Å². The van der Waals surface area contributed by atoms with Gasteiger partial charge >= 0.3 is 0 Å². The van der Waals surface area contributed by atoms with Gasteiger partial charge in [-0.3, -0.25) is 9.48 Å². The van der Waals surface area contributed by atoms with Crippen molar-refractivity contribution in [3.05, 3.63) is 34.5 Å². The monoisotopic (exact) mass is 355 g/mol. The smallest absolute Gasteiger partial charge is 0.273 e. The summed E-state index contributed by atoms with van der Waals surface area (Å²) < 4.78 is 27.0. The Balaban J connectivity index is 1.81. The van der Waals surface area contributed by atoms with Crippen LogP contribution >= 0.6 is 11.3 Å². The number of aromatic nitrogens is 3. The maximum Gasteiger partial charge on any atom is 0.273 e. The summed E-state index contributed by atoms with van der Waals surface area (Å²) in [6, 6.07) is 1.87. The molecule has 0 saturated heterocycles. The first kappa shape index (κ1) is 16.1. The third-order valence-corrected chi connectivity index (χ3v) is 4.92. The summed E-state index contributed by atoms with van der Waals surface area (Å²) in [5.41, 5.74) is 2.96. The van der Waals surface area contributed by atoms with Crippen molar-refractivity contribution >= 4 is 27.3 Å². The van der Waals surface area contributed by atoms with Crippen LogP contribution < -0.4 is 4.72 Å². The molecule has 1 aliphatic rings. The lowest BCUT2D eigenvalue weighted by molar-refractivity contribution is 0.0717. The van der Waals surface area contributed by atoms with Crippen molar-refractivity contribution in [3.63, 3.8) is 0 Å². The van der Waals surface area contributed by atoms with E-state index in [1.807, 2.05) is 10.7 Å². The maximum atomic E-state index is 12.6. The quantitative estimate of drug-likeness (QED) is 0.843. The van der Waals surface area contributed by atoms with Gasteiger partial charge in [-0.2, -0.15) is 5.10 Å². The molecule has 124 valence electrons. The number of carbonyl (C=O) groups excluding carboxylic acids is 1. The number of nitrogens with zero attached hydrogens (tertiary/aromatic N) is 4. The van der Waals surface area contributed by atoms with E-state index in [1.54, 1.807) is 22.0 Å². The number of thiazole rings is 1. The number of amides is 1. The van der Waals surface area contributed by atoms with Crippen LogP contribution in [0.1, 0.15) is 16.2 Å². The van der Waals surface area contributed by atoms with Crippen LogP contribution in [0.4, 0.5) is 0 Å². The van der Waals surface area contributed by atoms with Gasteiger partial charge in [0.15, 0.2) is 0 Å². The minimum atomic E-state index is -3.27. The zero-order chi connectivity index (χ0) is 16.4. The van der Waals surface area contributed by atoms with E-state index < -0.39 is 10.0 Å². The standard InChI is InChI=1S/C13H17N5O3S2/c1-23(20,21)16-4-10-5-17(13(19)12-8-22-9-14-12)7-11-2-3-15-18(11)6-10/h2-3,8-10,16H,4-7H2,1H3/t10-/m0/s1. The molecule has 3 heterocycles. The average molecular weight is 355 g/mol. The van der Waals surface area contributed by atoms with Gasteiger partial charge in [0, 0.05) is 37.1 Å². The predicted octanol–water partition coefficient (Wildman–Crippen LogP) is 0.161. The highest BCUT2D eigenvalue weighted by Crippen LogP contribution is 2.18. The summed E-state index contributed by atoms with van der Waals surface area (Å²) >= 11 is 1.37. The van der Waals surface area contributed by atoms with E-state index in [1.165, 1.54) is 11.3 Å². The molecule has 2 aromatic heterocycles. The minimum Gasteiger partial charge on any atom is -0.331 e. The molecule has 1 atom stereocenters. The van der Waals surface area contributed by atoms with E-state index in [2.05, 4.69) is 14.8 Å². The first-order valence-electron chi connectivity index (χ1n) is 7.05. The Labute approximate surface area is 138 Å². The summed E-state index contributed by atoms with van der Waals surface area (Å²) in [5.74, 6) is -0.210. The van der Waals surface area contributed by atoms with Gasteiger partial charge in [0.05, 0.1) is 24.0 Å². The predicted molar refractivity (Wildman–Crippen MR) is 85.4 cm³/mol. The highest BCUT2D eigenvalue weighted by molar-refractivity contribution is 7.88. The first-order chi connectivity index (χ1) is 10.9. The zero-order valence-corrected chi connectivity index (χ0v) is 14.2. The van der Waals surface area contributed by atoms with E-state index in [9.17, 15) is 13.2 Å². The number of rotatable bonds is 4. The zero-order valence-electron chi connectivity index (χ0n) is 12.5. The Kier molecular flexibility index (Phi) is 4.46. The molecular formula is C13H17N5O3S2. The fraction of sp³-hybridized carbons (Fsp3) is 0.462. The van der Waals surface area contributed by atoms with Crippen molar-refractivity contribution in [1.29, 1.82) is 0 Å². The number of hydrogen-bond donors (Lipinski definition) is 1. The summed E-state index contributed by atoms with van der Waals surface area (Å²) in [5, 5.41) is 5.97. The lowest BCUT2D eigenvalue weighted by Crippen LogP contribution is -2.38. The van der Waals surface area contributed by atoms with E-state index in [-0.39, 0.29) is 18.4 Å². The van der Waals surface area contributed by atoms with Crippen molar-refractivity contribution < 1.29 is 13.2 Å². The second-order valence-electron chi connectivity index (χ2n) is 5.55. The van der Waals surface area contributed by atoms with E-state index in [0.717, 1.165) is 11.9 Å². The minimum absolute atomic E-state index is 0.0616. The van der Waals surface area contributed by atoms with Gasteiger partial charge in [-0.1, -0.05) is 0 Å². The Morgan fingerprint density at radius 3 is 3.00 bits per heavy atom. The molecule has 3 rings (SSSR count). The number of nitrogens with one attached hydrogen (secondary N) is 1. The van der Waals surface area contributed by atoms with E-state index in [0.29, 0.717) is 25.3 Å². The molecule has 8 nitrogen and oxygen atoms in total. The van der Waals surface area contributed by atoms with Gasteiger partial charge in [0.2, 0.25) is 10.0 Å². The Bertz CT molecular complexity index is 784. The van der Waals surface area contributed by atoms with Gasteiger partial charge in [0.25, 0.3) is 5.91 Å². The van der Waals surface area contributed by atoms with Gasteiger partial charge < -0.3 is 4.90 Å². The summed E-state index contributed by atoms with van der Waals surface area (Å²) in [6.07, 6.45) is 2.81. The van der Waals surface area contributed by atoms with Crippen LogP contribution in [0.15, 0.2) is 23.2 Å². The van der Waals surface area contributed by atoms with Gasteiger partial charge in [-0.15, -0.1) is 11.3 Å². The highest BCUT2D eigenvalue weighted by Gasteiger charge is 2.27. The molecule has 1 N–H and O–H groups in total. The second kappa shape index (κ2) is 6.38. The van der Waals surface area contributed by atoms with Gasteiger partial charge in [-0.05, 0) is 6.07 Å². The molecule has 0 aromatic carbocycles. The molecule has 0 spiro atoms. The molecule has 2 aromatic rings. The molecule has 0 aliphatic carbocycles. The fourth-order valence-electron chi connectivity index (χ4n) is 2.57.